The Morgan fingerprint density at radius 1 is 0.528 bits per heavy atom. The SMILES string of the molecule is CN1C(c2cccc(-n3c4ccc(-c5ccccc5)cc4c4cc5c(cc43)-c3ccccc3C5(C)C)c2)=NC(c2ccccc2)NC1c1ccccc1. The number of fused-ring (bicyclic) bond motifs is 6. The normalized spacial score (nSPS) is 17.5. The van der Waals surface area contributed by atoms with Crippen molar-refractivity contribution in [3.63, 3.8) is 0 Å². The molecular weight excluding hydrogens is 645 g/mol. The van der Waals surface area contributed by atoms with Crippen LogP contribution in [0.15, 0.2) is 175 Å². The Kier molecular flexibility index (Phi) is 7.24. The molecule has 0 amide bonds. The summed E-state index contributed by atoms with van der Waals surface area (Å²) in [5.74, 6) is 0.956. The highest BCUT2D eigenvalue weighted by atomic mass is 15.4. The lowest BCUT2D eigenvalue weighted by Gasteiger charge is -2.39. The monoisotopic (exact) mass is 684 g/mol. The van der Waals surface area contributed by atoms with E-state index >= 15 is 0 Å². The van der Waals surface area contributed by atoms with E-state index in [0.29, 0.717) is 0 Å². The van der Waals surface area contributed by atoms with Gasteiger partial charge in [0.05, 0.1) is 11.0 Å². The molecule has 2 aliphatic rings. The van der Waals surface area contributed by atoms with Gasteiger partial charge in [0.1, 0.15) is 18.2 Å². The predicted octanol–water partition coefficient (Wildman–Crippen LogP) is 11.4. The Balaban J connectivity index is 1.18. The third-order valence-electron chi connectivity index (χ3n) is 11.5. The Morgan fingerprint density at radius 3 is 1.96 bits per heavy atom. The second-order valence-corrected chi connectivity index (χ2v) is 14.9. The number of aromatic nitrogens is 1. The van der Waals surface area contributed by atoms with E-state index in [2.05, 4.69) is 206 Å². The zero-order chi connectivity index (χ0) is 35.7. The van der Waals surface area contributed by atoms with Gasteiger partial charge in [-0.15, -0.1) is 0 Å². The minimum Gasteiger partial charge on any atom is -0.340 e. The molecule has 7 aromatic carbocycles. The van der Waals surface area contributed by atoms with Crippen LogP contribution in [0.25, 0.3) is 49.7 Å². The summed E-state index contributed by atoms with van der Waals surface area (Å²) in [5, 5.41) is 6.34. The first-order chi connectivity index (χ1) is 26.0. The molecule has 2 unspecified atom stereocenters. The van der Waals surface area contributed by atoms with Gasteiger partial charge in [0, 0.05) is 34.5 Å². The molecule has 4 nitrogen and oxygen atoms in total. The summed E-state index contributed by atoms with van der Waals surface area (Å²) < 4.78 is 2.46. The molecule has 1 N–H and O–H groups in total. The standard InChI is InChI=1S/C49H40N4/c1-49(2)42-25-14-13-24-38(42)39-31-45-41(30-43(39)49)40-29-35(32-16-7-4-8-17-32)26-27-44(40)53(45)37-23-15-22-36(28-37)48-51-46(33-18-9-5-10-19-33)50-47(52(48)3)34-20-11-6-12-21-34/h4-31,46-47,50H,1-3H3. The number of aliphatic imine (C=N–C) groups is 1. The van der Waals surface area contributed by atoms with Crippen molar-refractivity contribution >= 4 is 27.6 Å². The molecule has 2 atom stereocenters. The van der Waals surface area contributed by atoms with Crippen LogP contribution in [0.1, 0.15) is 54.0 Å². The summed E-state index contributed by atoms with van der Waals surface area (Å²) in [4.78, 5) is 7.66. The smallest absolute Gasteiger partial charge is 0.134 e. The summed E-state index contributed by atoms with van der Waals surface area (Å²) in [6.07, 6.45) is -0.236. The van der Waals surface area contributed by atoms with Crippen molar-refractivity contribution in [3.8, 4) is 27.9 Å². The van der Waals surface area contributed by atoms with Crippen LogP contribution in [0, 0.1) is 0 Å². The second kappa shape index (κ2) is 12.2. The van der Waals surface area contributed by atoms with E-state index in [0.717, 1.165) is 22.6 Å². The fourth-order valence-corrected chi connectivity index (χ4v) is 8.76. The van der Waals surface area contributed by atoms with Gasteiger partial charge in [-0.1, -0.05) is 147 Å². The van der Waals surface area contributed by atoms with Gasteiger partial charge in [0.25, 0.3) is 0 Å². The van der Waals surface area contributed by atoms with Crippen molar-refractivity contribution in [1.29, 1.82) is 0 Å². The van der Waals surface area contributed by atoms with Crippen LogP contribution >= 0.6 is 0 Å². The minimum absolute atomic E-state index is 0.0479. The Labute approximate surface area is 310 Å². The number of amidine groups is 1. The van der Waals surface area contributed by atoms with Crippen LogP contribution in [0.5, 0.6) is 0 Å². The van der Waals surface area contributed by atoms with E-state index in [9.17, 15) is 0 Å². The van der Waals surface area contributed by atoms with Crippen molar-refractivity contribution in [3.05, 3.63) is 198 Å². The molecule has 1 aromatic heterocycles. The average molecular weight is 685 g/mol. The summed E-state index contributed by atoms with van der Waals surface area (Å²) in [6.45, 7) is 4.73. The topological polar surface area (TPSA) is 32.6 Å². The van der Waals surface area contributed by atoms with Crippen LogP contribution in [0.2, 0.25) is 0 Å². The second-order valence-electron chi connectivity index (χ2n) is 14.9. The molecule has 1 aliphatic carbocycles. The maximum Gasteiger partial charge on any atom is 0.134 e. The zero-order valence-electron chi connectivity index (χ0n) is 30.2. The van der Waals surface area contributed by atoms with Crippen LogP contribution in [0.3, 0.4) is 0 Å². The van der Waals surface area contributed by atoms with Crippen LogP contribution in [-0.4, -0.2) is 22.4 Å². The van der Waals surface area contributed by atoms with Crippen LogP contribution < -0.4 is 5.32 Å². The molecule has 10 rings (SSSR count). The van der Waals surface area contributed by atoms with Gasteiger partial charge in [-0.3, -0.25) is 5.32 Å². The molecule has 53 heavy (non-hydrogen) atoms. The first-order valence-corrected chi connectivity index (χ1v) is 18.5. The number of rotatable bonds is 5. The molecule has 8 aromatic rings. The number of benzene rings is 7. The third-order valence-corrected chi connectivity index (χ3v) is 11.5. The molecule has 1 aliphatic heterocycles. The van der Waals surface area contributed by atoms with Gasteiger partial charge >= 0.3 is 0 Å². The number of nitrogens with zero attached hydrogens (tertiary/aromatic N) is 3. The molecule has 256 valence electrons. The molecule has 0 spiro atoms. The van der Waals surface area contributed by atoms with Crippen LogP contribution in [0.4, 0.5) is 0 Å². The Hall–Kier alpha value is -6.23. The molecular formula is C49H40N4. The predicted molar refractivity (Wildman–Crippen MR) is 220 cm³/mol. The minimum atomic E-state index is -0.188. The Morgan fingerprint density at radius 2 is 1.19 bits per heavy atom. The average Bonchev–Trinajstić information content (AvgIpc) is 3.65. The van der Waals surface area contributed by atoms with Gasteiger partial charge < -0.3 is 9.47 Å². The highest BCUT2D eigenvalue weighted by Crippen LogP contribution is 2.51. The lowest BCUT2D eigenvalue weighted by Crippen LogP contribution is -2.46. The maximum absolute atomic E-state index is 5.38. The quantitative estimate of drug-likeness (QED) is 0.196. The molecule has 0 saturated heterocycles. The number of hydrogen-bond acceptors (Lipinski definition) is 3. The molecule has 0 fully saturated rings. The van der Waals surface area contributed by atoms with Crippen molar-refractivity contribution < 1.29 is 0 Å². The highest BCUT2D eigenvalue weighted by molar-refractivity contribution is 6.12. The van der Waals surface area contributed by atoms with E-state index < -0.39 is 0 Å². The first-order valence-electron chi connectivity index (χ1n) is 18.5. The fraction of sp³-hybridized carbons (Fsp3) is 0.122. The van der Waals surface area contributed by atoms with Gasteiger partial charge in [-0.05, 0) is 80.9 Å². The van der Waals surface area contributed by atoms with E-state index in [1.54, 1.807) is 0 Å². The fourth-order valence-electron chi connectivity index (χ4n) is 8.76. The number of hydrogen-bond donors (Lipinski definition) is 1. The highest BCUT2D eigenvalue weighted by Gasteiger charge is 2.36. The van der Waals surface area contributed by atoms with Crippen molar-refractivity contribution in [1.82, 2.24) is 14.8 Å². The van der Waals surface area contributed by atoms with Gasteiger partial charge in [-0.2, -0.15) is 0 Å². The van der Waals surface area contributed by atoms with Crippen molar-refractivity contribution in [2.75, 3.05) is 7.05 Å². The maximum atomic E-state index is 5.38. The first kappa shape index (κ1) is 31.5. The van der Waals surface area contributed by atoms with Crippen molar-refractivity contribution in [2.45, 2.75) is 31.6 Å². The van der Waals surface area contributed by atoms with Gasteiger partial charge in [-0.25, -0.2) is 4.99 Å². The largest absolute Gasteiger partial charge is 0.340 e. The lowest BCUT2D eigenvalue weighted by atomic mass is 9.82. The molecule has 2 heterocycles. The third kappa shape index (κ3) is 5.05. The Bertz CT molecular complexity index is 2690. The summed E-state index contributed by atoms with van der Waals surface area (Å²) in [7, 11) is 2.14. The van der Waals surface area contributed by atoms with E-state index in [1.807, 2.05) is 0 Å². The van der Waals surface area contributed by atoms with Crippen LogP contribution in [-0.2, 0) is 5.41 Å². The summed E-state index contributed by atoms with van der Waals surface area (Å²) in [6, 6.07) is 61.7. The molecule has 0 bridgehead atoms. The summed E-state index contributed by atoms with van der Waals surface area (Å²) in [5.41, 5.74) is 14.7. The lowest BCUT2D eigenvalue weighted by molar-refractivity contribution is 0.257. The van der Waals surface area contributed by atoms with E-state index in [1.165, 1.54) is 60.8 Å². The molecule has 4 heteroatoms. The summed E-state index contributed by atoms with van der Waals surface area (Å²) >= 11 is 0. The van der Waals surface area contributed by atoms with Gasteiger partial charge in [0.15, 0.2) is 0 Å². The van der Waals surface area contributed by atoms with Gasteiger partial charge in [0.2, 0.25) is 0 Å². The molecule has 0 saturated carbocycles. The zero-order valence-corrected chi connectivity index (χ0v) is 30.2. The molecule has 0 radical (unpaired) electrons. The number of nitrogens with one attached hydrogen (secondary N) is 1. The van der Waals surface area contributed by atoms with Crippen molar-refractivity contribution in [2.24, 2.45) is 4.99 Å². The van der Waals surface area contributed by atoms with E-state index in [4.69, 9.17) is 4.99 Å². The van der Waals surface area contributed by atoms with E-state index in [-0.39, 0.29) is 17.7 Å².